The number of morpholine rings is 1. The minimum absolute atomic E-state index is 0.288. The number of halogens is 2. The largest absolute Gasteiger partial charge is 0.481 e. The van der Waals surface area contributed by atoms with Crippen LogP contribution < -0.4 is 0 Å². The van der Waals surface area contributed by atoms with Gasteiger partial charge >= 0.3 is 5.97 Å². The van der Waals surface area contributed by atoms with E-state index in [1.807, 2.05) is 13.8 Å². The molecule has 1 amide bonds. The van der Waals surface area contributed by atoms with Crippen LogP contribution in [0.1, 0.15) is 64.7 Å². The summed E-state index contributed by atoms with van der Waals surface area (Å²) in [4.78, 5) is 27.2. The Labute approximate surface area is 228 Å². The first-order chi connectivity index (χ1) is 17.1. The van der Waals surface area contributed by atoms with Crippen LogP contribution in [0, 0.1) is 0 Å². The SMILES string of the molecule is CCC(CS(=O)(=O)C(C)(C)C)N1C(=O)[C@H](CC(=O)O)OC(c2cccc(Cl)c2)[C@@]1(C)c1ccc(Cl)cc1. The van der Waals surface area contributed by atoms with Gasteiger partial charge in [-0.25, -0.2) is 8.42 Å². The lowest BCUT2D eigenvalue weighted by Crippen LogP contribution is -2.65. The number of ether oxygens (including phenoxy) is 1. The average molecular weight is 571 g/mol. The monoisotopic (exact) mass is 569 g/mol. The zero-order chi connectivity index (χ0) is 27.8. The molecule has 0 aromatic heterocycles. The van der Waals surface area contributed by atoms with Crippen molar-refractivity contribution in [2.24, 2.45) is 0 Å². The van der Waals surface area contributed by atoms with Crippen molar-refractivity contribution in [2.45, 2.75) is 76.0 Å². The molecule has 0 saturated carbocycles. The fourth-order valence-electron chi connectivity index (χ4n) is 4.75. The van der Waals surface area contributed by atoms with Crippen molar-refractivity contribution < 1.29 is 27.9 Å². The van der Waals surface area contributed by atoms with Crippen LogP contribution in [0.15, 0.2) is 48.5 Å². The molecule has 2 unspecified atom stereocenters. The Morgan fingerprint density at radius 2 is 1.76 bits per heavy atom. The molecule has 0 radical (unpaired) electrons. The van der Waals surface area contributed by atoms with E-state index in [2.05, 4.69) is 0 Å². The van der Waals surface area contributed by atoms with Crippen LogP contribution >= 0.6 is 23.2 Å². The van der Waals surface area contributed by atoms with E-state index in [9.17, 15) is 23.1 Å². The van der Waals surface area contributed by atoms with Crippen molar-refractivity contribution in [2.75, 3.05) is 5.75 Å². The molecule has 10 heteroatoms. The molecule has 2 aromatic carbocycles. The van der Waals surface area contributed by atoms with Gasteiger partial charge in [0.15, 0.2) is 9.84 Å². The third-order valence-corrected chi connectivity index (χ3v) is 10.1. The summed E-state index contributed by atoms with van der Waals surface area (Å²) >= 11 is 12.5. The molecule has 37 heavy (non-hydrogen) atoms. The van der Waals surface area contributed by atoms with Gasteiger partial charge in [0, 0.05) is 16.1 Å². The predicted octanol–water partition coefficient (Wildman–Crippen LogP) is 5.64. The Kier molecular flexibility index (Phi) is 8.69. The summed E-state index contributed by atoms with van der Waals surface area (Å²) in [5, 5.41) is 10.5. The Bertz CT molecular complexity index is 1260. The third-order valence-electron chi connectivity index (χ3n) is 6.95. The Hall–Kier alpha value is -2.13. The van der Waals surface area contributed by atoms with Crippen molar-refractivity contribution in [3.05, 3.63) is 69.7 Å². The van der Waals surface area contributed by atoms with Gasteiger partial charge in [0.2, 0.25) is 0 Å². The number of carboxylic acids is 1. The lowest BCUT2D eigenvalue weighted by Gasteiger charge is -2.55. The number of nitrogens with zero attached hydrogens (tertiary/aromatic N) is 1. The van der Waals surface area contributed by atoms with E-state index in [1.54, 1.807) is 69.3 Å². The number of sulfone groups is 1. The van der Waals surface area contributed by atoms with Gasteiger partial charge in [0.05, 0.1) is 22.5 Å². The zero-order valence-electron chi connectivity index (χ0n) is 21.6. The minimum Gasteiger partial charge on any atom is -0.481 e. The molecule has 2 aromatic rings. The minimum atomic E-state index is -3.64. The first-order valence-corrected chi connectivity index (χ1v) is 14.5. The highest BCUT2D eigenvalue weighted by molar-refractivity contribution is 7.92. The molecule has 1 aliphatic heterocycles. The van der Waals surface area contributed by atoms with Gasteiger partial charge in [-0.15, -0.1) is 0 Å². The molecule has 0 bridgehead atoms. The highest BCUT2D eigenvalue weighted by Crippen LogP contribution is 2.49. The fraction of sp³-hybridized carbons (Fsp3) is 0.481. The molecule has 202 valence electrons. The van der Waals surface area contributed by atoms with Crippen molar-refractivity contribution in [1.82, 2.24) is 4.90 Å². The Morgan fingerprint density at radius 1 is 1.14 bits per heavy atom. The van der Waals surface area contributed by atoms with E-state index < -0.39 is 56.7 Å². The number of amides is 1. The van der Waals surface area contributed by atoms with Gasteiger partial charge in [0.1, 0.15) is 12.2 Å². The summed E-state index contributed by atoms with van der Waals surface area (Å²) in [5.41, 5.74) is 0.0806. The molecule has 0 aliphatic carbocycles. The first-order valence-electron chi connectivity index (χ1n) is 12.1. The predicted molar refractivity (Wildman–Crippen MR) is 145 cm³/mol. The molecule has 1 heterocycles. The van der Waals surface area contributed by atoms with Crippen molar-refractivity contribution >= 4 is 44.9 Å². The lowest BCUT2D eigenvalue weighted by atomic mass is 9.78. The normalized spacial score (nSPS) is 23.6. The molecule has 3 rings (SSSR count). The second kappa shape index (κ2) is 10.9. The second-order valence-corrected chi connectivity index (χ2v) is 14.1. The maximum atomic E-state index is 14.0. The van der Waals surface area contributed by atoms with E-state index in [4.69, 9.17) is 27.9 Å². The summed E-state index contributed by atoms with van der Waals surface area (Å²) in [6.07, 6.45) is -2.40. The maximum Gasteiger partial charge on any atom is 0.306 e. The number of carbonyl (C=O) groups is 2. The van der Waals surface area contributed by atoms with E-state index in [0.717, 1.165) is 0 Å². The molecule has 1 saturated heterocycles. The number of carboxylic acid groups (broad SMARTS) is 1. The van der Waals surface area contributed by atoms with Crippen LogP contribution in [0.5, 0.6) is 0 Å². The molecule has 7 nitrogen and oxygen atoms in total. The molecular formula is C27H33Cl2NO6S. The van der Waals surface area contributed by atoms with Crippen LogP contribution in [0.2, 0.25) is 10.0 Å². The second-order valence-electron chi connectivity index (χ2n) is 10.5. The fourth-order valence-corrected chi connectivity index (χ4v) is 6.46. The van der Waals surface area contributed by atoms with Gasteiger partial charge in [-0.3, -0.25) is 9.59 Å². The van der Waals surface area contributed by atoms with Gasteiger partial charge < -0.3 is 14.7 Å². The smallest absolute Gasteiger partial charge is 0.306 e. The summed E-state index contributed by atoms with van der Waals surface area (Å²) in [6, 6.07) is 13.1. The van der Waals surface area contributed by atoms with E-state index in [1.165, 1.54) is 4.90 Å². The number of carbonyl (C=O) groups excluding carboxylic acids is 1. The molecule has 4 atom stereocenters. The Morgan fingerprint density at radius 3 is 2.27 bits per heavy atom. The molecule has 1 aliphatic rings. The number of hydrogen-bond donors (Lipinski definition) is 1. The van der Waals surface area contributed by atoms with Crippen LogP contribution in [0.25, 0.3) is 0 Å². The summed E-state index contributed by atoms with van der Waals surface area (Å²) in [6.45, 7) is 8.49. The Balaban J connectivity index is 2.30. The third kappa shape index (κ3) is 5.98. The highest BCUT2D eigenvalue weighted by Gasteiger charge is 2.55. The van der Waals surface area contributed by atoms with Gasteiger partial charge in [-0.1, -0.05) is 54.4 Å². The van der Waals surface area contributed by atoms with Crippen molar-refractivity contribution in [3.63, 3.8) is 0 Å². The van der Waals surface area contributed by atoms with Gasteiger partial charge in [-0.05, 0) is 69.5 Å². The average Bonchev–Trinajstić information content (AvgIpc) is 2.79. The molecule has 1 N–H and O–H groups in total. The quantitative estimate of drug-likeness (QED) is 0.441. The summed E-state index contributed by atoms with van der Waals surface area (Å²) < 4.78 is 31.9. The number of rotatable bonds is 8. The van der Waals surface area contributed by atoms with E-state index in [0.29, 0.717) is 27.6 Å². The highest BCUT2D eigenvalue weighted by atomic mass is 35.5. The van der Waals surface area contributed by atoms with Crippen LogP contribution in [-0.2, 0) is 29.7 Å². The molecule has 0 spiro atoms. The van der Waals surface area contributed by atoms with Gasteiger partial charge in [-0.2, -0.15) is 0 Å². The van der Waals surface area contributed by atoms with Crippen LogP contribution in [-0.4, -0.2) is 52.9 Å². The van der Waals surface area contributed by atoms with E-state index >= 15 is 0 Å². The number of benzene rings is 2. The van der Waals surface area contributed by atoms with Crippen LogP contribution in [0.4, 0.5) is 0 Å². The molecule has 1 fully saturated rings. The van der Waals surface area contributed by atoms with E-state index in [-0.39, 0.29) is 5.75 Å². The maximum absolute atomic E-state index is 14.0. The molecular weight excluding hydrogens is 537 g/mol. The summed E-state index contributed by atoms with van der Waals surface area (Å²) in [5.74, 6) is -2.06. The first kappa shape index (κ1) is 29.4. The van der Waals surface area contributed by atoms with Crippen molar-refractivity contribution in [1.29, 1.82) is 0 Å². The summed E-state index contributed by atoms with van der Waals surface area (Å²) in [7, 11) is -3.64. The topological polar surface area (TPSA) is 101 Å². The number of aliphatic carboxylic acids is 1. The van der Waals surface area contributed by atoms with Crippen LogP contribution in [0.3, 0.4) is 0 Å². The van der Waals surface area contributed by atoms with Gasteiger partial charge in [0.25, 0.3) is 5.91 Å². The lowest BCUT2D eigenvalue weighted by molar-refractivity contribution is -0.200. The zero-order valence-corrected chi connectivity index (χ0v) is 23.9. The van der Waals surface area contributed by atoms with Crippen molar-refractivity contribution in [3.8, 4) is 0 Å². The number of hydrogen-bond acceptors (Lipinski definition) is 5. The standard InChI is InChI=1S/C27H33Cl2NO6S/c1-6-21(16-37(34,35)26(2,3)4)30-25(33)22(15-23(31)32)36-24(17-8-7-9-20(29)14-17)27(30,5)18-10-12-19(28)13-11-18/h7-14,21-22,24H,6,15-16H2,1-5H3,(H,31,32)/t21?,22-,24?,27+/m0/s1.